The Bertz CT molecular complexity index is 1020. The molecular formula is C48H87NO7. The first-order valence-corrected chi connectivity index (χ1v) is 23.0. The molecule has 0 radical (unpaired) electrons. The van der Waals surface area contributed by atoms with Crippen LogP contribution < -0.4 is 5.11 Å². The number of aliphatic carboxylic acids is 1. The Morgan fingerprint density at radius 2 is 0.982 bits per heavy atom. The molecule has 0 fully saturated rings. The van der Waals surface area contributed by atoms with Crippen LogP contribution in [0, 0.1) is 0 Å². The average molecular weight is 790 g/mol. The monoisotopic (exact) mass is 790 g/mol. The van der Waals surface area contributed by atoms with Crippen molar-refractivity contribution in [3.05, 3.63) is 36.5 Å². The Kier molecular flexibility index (Phi) is 37.7. The number of hydrogen-bond donors (Lipinski definition) is 0. The van der Waals surface area contributed by atoms with Crippen LogP contribution in [-0.2, 0) is 28.6 Å². The predicted molar refractivity (Wildman–Crippen MR) is 231 cm³/mol. The molecule has 0 aliphatic rings. The molecule has 0 amide bonds. The Balaban J connectivity index is 4.34. The summed E-state index contributed by atoms with van der Waals surface area (Å²) in [5.74, 6) is -1.82. The molecule has 56 heavy (non-hydrogen) atoms. The molecule has 0 rings (SSSR count). The van der Waals surface area contributed by atoms with E-state index in [1.807, 2.05) is 6.08 Å². The fraction of sp³-hybridized carbons (Fsp3) is 0.812. The van der Waals surface area contributed by atoms with Gasteiger partial charge in [0.25, 0.3) is 0 Å². The fourth-order valence-electron chi connectivity index (χ4n) is 6.65. The third kappa shape index (κ3) is 37.1. The zero-order chi connectivity index (χ0) is 41.4. The summed E-state index contributed by atoms with van der Waals surface area (Å²) in [4.78, 5) is 36.8. The van der Waals surface area contributed by atoms with Crippen LogP contribution >= 0.6 is 0 Å². The molecule has 0 aliphatic carbocycles. The number of nitrogens with zero attached hydrogens (tertiary/aromatic N) is 1. The van der Waals surface area contributed by atoms with E-state index in [-0.39, 0.29) is 49.1 Å². The van der Waals surface area contributed by atoms with Gasteiger partial charge in [-0.05, 0) is 57.8 Å². The lowest BCUT2D eigenvalue weighted by Gasteiger charge is -2.34. The van der Waals surface area contributed by atoms with Gasteiger partial charge in [-0.25, -0.2) is 0 Å². The number of unbranched alkanes of at least 4 members (excludes halogenated alkanes) is 21. The number of carboxylic acid groups (broad SMARTS) is 1. The molecule has 0 aromatic heterocycles. The predicted octanol–water partition coefficient (Wildman–Crippen LogP) is 11.3. The van der Waals surface area contributed by atoms with E-state index in [0.29, 0.717) is 12.8 Å². The van der Waals surface area contributed by atoms with Crippen molar-refractivity contribution in [1.29, 1.82) is 0 Å². The lowest BCUT2D eigenvalue weighted by atomic mass is 10.1. The molecule has 0 aliphatic heterocycles. The minimum absolute atomic E-state index is 0.0181. The van der Waals surface area contributed by atoms with Crippen LogP contribution in [0.5, 0.6) is 0 Å². The molecule has 0 aromatic rings. The van der Waals surface area contributed by atoms with E-state index >= 15 is 0 Å². The maximum Gasteiger partial charge on any atom is 0.306 e. The Morgan fingerprint density at radius 3 is 1.46 bits per heavy atom. The number of rotatable bonds is 41. The van der Waals surface area contributed by atoms with Crippen molar-refractivity contribution in [1.82, 2.24) is 0 Å². The van der Waals surface area contributed by atoms with Crippen molar-refractivity contribution in [3.63, 3.8) is 0 Å². The van der Waals surface area contributed by atoms with Crippen LogP contribution in [0.4, 0.5) is 0 Å². The van der Waals surface area contributed by atoms with Gasteiger partial charge in [0.05, 0.1) is 40.3 Å². The molecule has 8 nitrogen and oxygen atoms in total. The number of ether oxygens (including phenoxy) is 3. The van der Waals surface area contributed by atoms with E-state index in [0.717, 1.165) is 32.1 Å². The number of hydrogen-bond acceptors (Lipinski definition) is 7. The average Bonchev–Trinajstić information content (AvgIpc) is 3.15. The lowest BCUT2D eigenvalue weighted by molar-refractivity contribution is -0.889. The van der Waals surface area contributed by atoms with Crippen LogP contribution in [-0.4, -0.2) is 75.5 Å². The minimum Gasteiger partial charge on any atom is -0.544 e. The van der Waals surface area contributed by atoms with Crippen LogP contribution in [0.15, 0.2) is 36.5 Å². The summed E-state index contributed by atoms with van der Waals surface area (Å²) in [5, 5.41) is 11.6. The van der Waals surface area contributed by atoms with E-state index in [4.69, 9.17) is 14.2 Å². The minimum atomic E-state index is -1.13. The summed E-state index contributed by atoms with van der Waals surface area (Å²) in [7, 11) is 5.39. The van der Waals surface area contributed by atoms with E-state index in [1.54, 1.807) is 21.1 Å². The van der Waals surface area contributed by atoms with Gasteiger partial charge in [-0.3, -0.25) is 9.59 Å². The third-order valence-electron chi connectivity index (χ3n) is 10.3. The Hall–Kier alpha value is -2.45. The number of quaternary nitrogens is 1. The standard InChI is InChI=1S/C48H87NO7/c1-6-8-10-12-14-16-18-20-21-22-23-24-25-27-28-30-32-34-36-38-46(50)55-43-44(42-54-41-40-45(48(52)53)49(3,4)5)56-47(51)39-37-35-33-31-29-26-19-17-15-13-11-9-7-2/h22-23,26,29,33,35,44-45H,6-21,24-25,27-28,30-32,34,36-43H2,1-5H3/b23-22+,29-26+,35-33+. The van der Waals surface area contributed by atoms with E-state index in [2.05, 4.69) is 44.2 Å². The summed E-state index contributed by atoms with van der Waals surface area (Å²) < 4.78 is 17.1. The van der Waals surface area contributed by atoms with Gasteiger partial charge < -0.3 is 28.6 Å². The van der Waals surface area contributed by atoms with Crippen LogP contribution in [0.3, 0.4) is 0 Å². The van der Waals surface area contributed by atoms with Crippen molar-refractivity contribution in [2.45, 2.75) is 212 Å². The van der Waals surface area contributed by atoms with Gasteiger partial charge in [0, 0.05) is 19.3 Å². The summed E-state index contributed by atoms with van der Waals surface area (Å²) in [5.41, 5.74) is 0. The molecule has 0 saturated carbocycles. The number of carbonyl (C=O) groups excluding carboxylic acids is 3. The first kappa shape index (κ1) is 53.6. The maximum absolute atomic E-state index is 12.7. The van der Waals surface area contributed by atoms with Crippen LogP contribution in [0.1, 0.15) is 200 Å². The molecule has 0 saturated heterocycles. The first-order chi connectivity index (χ1) is 27.1. The third-order valence-corrected chi connectivity index (χ3v) is 10.3. The van der Waals surface area contributed by atoms with E-state index in [1.165, 1.54) is 128 Å². The Labute approximate surface area is 344 Å². The maximum atomic E-state index is 12.7. The highest BCUT2D eigenvalue weighted by molar-refractivity contribution is 5.70. The summed E-state index contributed by atoms with van der Waals surface area (Å²) >= 11 is 0. The van der Waals surface area contributed by atoms with Gasteiger partial charge in [-0.2, -0.15) is 0 Å². The largest absolute Gasteiger partial charge is 0.544 e. The molecule has 0 aromatic carbocycles. The number of esters is 2. The van der Waals surface area contributed by atoms with Gasteiger partial charge in [0.15, 0.2) is 6.10 Å². The second-order valence-corrected chi connectivity index (χ2v) is 16.6. The highest BCUT2D eigenvalue weighted by Gasteiger charge is 2.25. The number of likely N-dealkylation sites (N-methyl/N-ethyl adjacent to an activating group) is 1. The van der Waals surface area contributed by atoms with Crippen LogP contribution in [0.2, 0.25) is 0 Å². The smallest absolute Gasteiger partial charge is 0.306 e. The van der Waals surface area contributed by atoms with Gasteiger partial charge >= 0.3 is 11.9 Å². The van der Waals surface area contributed by atoms with Gasteiger partial charge in [-0.15, -0.1) is 0 Å². The zero-order valence-corrected chi connectivity index (χ0v) is 37.1. The molecule has 8 heteroatoms. The quantitative estimate of drug-likeness (QED) is 0.0263. The fourth-order valence-corrected chi connectivity index (χ4v) is 6.65. The molecule has 0 N–H and O–H groups in total. The molecule has 326 valence electrons. The molecule has 2 unspecified atom stereocenters. The molecular weight excluding hydrogens is 703 g/mol. The number of allylic oxidation sites excluding steroid dienone is 6. The molecule has 0 bridgehead atoms. The van der Waals surface area contributed by atoms with Crippen molar-refractivity contribution in [2.75, 3.05) is 41.0 Å². The van der Waals surface area contributed by atoms with Gasteiger partial charge in [0.1, 0.15) is 12.6 Å². The molecule has 0 heterocycles. The summed E-state index contributed by atoms with van der Waals surface area (Å²) in [6.45, 7) is 4.59. The topological polar surface area (TPSA) is 102 Å². The summed E-state index contributed by atoms with van der Waals surface area (Å²) in [6.07, 6.45) is 44.7. The highest BCUT2D eigenvalue weighted by atomic mass is 16.6. The van der Waals surface area contributed by atoms with Crippen LogP contribution in [0.25, 0.3) is 0 Å². The second kappa shape index (κ2) is 39.4. The first-order valence-electron chi connectivity index (χ1n) is 23.0. The lowest BCUT2D eigenvalue weighted by Crippen LogP contribution is -2.55. The van der Waals surface area contributed by atoms with E-state index < -0.39 is 18.1 Å². The normalized spacial score (nSPS) is 13.2. The number of carbonyl (C=O) groups is 3. The van der Waals surface area contributed by atoms with E-state index in [9.17, 15) is 19.5 Å². The highest BCUT2D eigenvalue weighted by Crippen LogP contribution is 2.14. The van der Waals surface area contributed by atoms with Gasteiger partial charge in [0.2, 0.25) is 0 Å². The zero-order valence-electron chi connectivity index (χ0n) is 37.1. The van der Waals surface area contributed by atoms with Crippen molar-refractivity contribution in [2.24, 2.45) is 0 Å². The van der Waals surface area contributed by atoms with Crippen molar-refractivity contribution < 1.29 is 38.2 Å². The molecule has 0 spiro atoms. The molecule has 2 atom stereocenters. The summed E-state index contributed by atoms with van der Waals surface area (Å²) in [6, 6.07) is -0.734. The van der Waals surface area contributed by atoms with Crippen molar-refractivity contribution in [3.8, 4) is 0 Å². The number of carboxylic acids is 1. The van der Waals surface area contributed by atoms with Crippen molar-refractivity contribution >= 4 is 17.9 Å². The van der Waals surface area contributed by atoms with Gasteiger partial charge in [-0.1, -0.05) is 159 Å². The SMILES string of the molecule is CCCCCCCC/C=C/C/C=C/CCC(=O)OC(COCCC(C(=O)[O-])[N+](C)(C)C)COC(=O)CCCCCCCCC/C=C/CCCCCCCCCC. The Morgan fingerprint density at radius 1 is 0.536 bits per heavy atom. The second-order valence-electron chi connectivity index (χ2n) is 16.6.